The van der Waals surface area contributed by atoms with Crippen LogP contribution in [-0.4, -0.2) is 47.3 Å². The van der Waals surface area contributed by atoms with Crippen molar-refractivity contribution >= 4 is 12.0 Å². The number of carboxylic acids is 1. The molecule has 5 nitrogen and oxygen atoms in total. The van der Waals surface area contributed by atoms with Crippen molar-refractivity contribution in [2.24, 2.45) is 17.8 Å². The fourth-order valence-electron chi connectivity index (χ4n) is 3.84. The molecule has 4 atom stereocenters. The van der Waals surface area contributed by atoms with Gasteiger partial charge in [0.2, 0.25) is 0 Å². The summed E-state index contributed by atoms with van der Waals surface area (Å²) in [5.41, 5.74) is 0. The lowest BCUT2D eigenvalue weighted by molar-refractivity contribution is -0.187. The molecule has 138 valence electrons. The van der Waals surface area contributed by atoms with Crippen LogP contribution < -0.4 is 5.32 Å². The van der Waals surface area contributed by atoms with Gasteiger partial charge >= 0.3 is 18.2 Å². The number of halogens is 3. The van der Waals surface area contributed by atoms with Crippen LogP contribution in [0.3, 0.4) is 0 Å². The molecule has 24 heavy (non-hydrogen) atoms. The summed E-state index contributed by atoms with van der Waals surface area (Å²) in [5, 5.41) is 11.8. The molecule has 1 heterocycles. The summed E-state index contributed by atoms with van der Waals surface area (Å²) in [5.74, 6) is -4.73. The molecule has 1 saturated heterocycles. The number of carboxylic acid groups (broad SMARTS) is 1. The van der Waals surface area contributed by atoms with Gasteiger partial charge in [-0.2, -0.15) is 13.2 Å². The molecule has 0 aromatic carbocycles. The Morgan fingerprint density at radius 2 is 1.96 bits per heavy atom. The van der Waals surface area contributed by atoms with Crippen molar-refractivity contribution in [2.75, 3.05) is 13.1 Å². The van der Waals surface area contributed by atoms with Gasteiger partial charge in [0.25, 0.3) is 0 Å². The molecular formula is C16H25F3N2O3. The van der Waals surface area contributed by atoms with E-state index in [-0.39, 0.29) is 6.04 Å². The van der Waals surface area contributed by atoms with Crippen LogP contribution in [0.2, 0.25) is 0 Å². The lowest BCUT2D eigenvalue weighted by Crippen LogP contribution is -2.45. The van der Waals surface area contributed by atoms with Crippen molar-refractivity contribution < 1.29 is 27.9 Å². The maximum atomic E-state index is 13.0. The number of carbonyl (C=O) groups excluding carboxylic acids is 1. The third-order valence-electron chi connectivity index (χ3n) is 5.24. The number of nitrogens with zero attached hydrogens (tertiary/aromatic N) is 1. The highest BCUT2D eigenvalue weighted by atomic mass is 19.4. The largest absolute Gasteiger partial charge is 0.481 e. The van der Waals surface area contributed by atoms with Gasteiger partial charge in [0.1, 0.15) is 0 Å². The number of urea groups is 1. The molecule has 2 N–H and O–H groups in total. The fourth-order valence-corrected chi connectivity index (χ4v) is 3.84. The van der Waals surface area contributed by atoms with Gasteiger partial charge in [-0.25, -0.2) is 4.79 Å². The maximum absolute atomic E-state index is 13.0. The summed E-state index contributed by atoms with van der Waals surface area (Å²) >= 11 is 0. The summed E-state index contributed by atoms with van der Waals surface area (Å²) in [7, 11) is 0. The van der Waals surface area contributed by atoms with E-state index in [0.29, 0.717) is 5.92 Å². The van der Waals surface area contributed by atoms with Crippen molar-refractivity contribution in [1.29, 1.82) is 0 Å². The zero-order chi connectivity index (χ0) is 17.9. The van der Waals surface area contributed by atoms with Crippen LogP contribution in [0, 0.1) is 17.8 Å². The van der Waals surface area contributed by atoms with Crippen LogP contribution in [0.15, 0.2) is 0 Å². The first-order valence-electron chi connectivity index (χ1n) is 8.59. The van der Waals surface area contributed by atoms with Crippen LogP contribution in [-0.2, 0) is 4.79 Å². The van der Waals surface area contributed by atoms with Crippen molar-refractivity contribution in [3.8, 4) is 0 Å². The normalized spacial score (nSPS) is 30.6. The van der Waals surface area contributed by atoms with Gasteiger partial charge in [-0.15, -0.1) is 0 Å². The molecule has 1 aliphatic heterocycles. The summed E-state index contributed by atoms with van der Waals surface area (Å²) in [4.78, 5) is 24.4. The van der Waals surface area contributed by atoms with Crippen molar-refractivity contribution in [2.45, 2.75) is 57.7 Å². The number of unbranched alkanes of at least 4 members (excludes halogenated alkanes) is 1. The highest BCUT2D eigenvalue weighted by Gasteiger charge is 2.53. The SMILES string of the molecule is CCCCC1CCCC1NC(=O)N1C[C@@H](C(F)(F)F)[C@H](C(=O)O)C1. The Morgan fingerprint density at radius 3 is 2.50 bits per heavy atom. The minimum absolute atomic E-state index is 0.0164. The average molecular weight is 350 g/mol. The first kappa shape index (κ1) is 18.9. The van der Waals surface area contributed by atoms with E-state index in [1.807, 2.05) is 0 Å². The molecular weight excluding hydrogens is 325 g/mol. The van der Waals surface area contributed by atoms with E-state index < -0.39 is 43.1 Å². The minimum atomic E-state index is -4.62. The highest BCUT2D eigenvalue weighted by molar-refractivity contribution is 5.78. The maximum Gasteiger partial charge on any atom is 0.394 e. The van der Waals surface area contributed by atoms with Crippen LogP contribution in [0.5, 0.6) is 0 Å². The monoisotopic (exact) mass is 350 g/mol. The van der Waals surface area contributed by atoms with Crippen LogP contribution in [0.4, 0.5) is 18.0 Å². The molecule has 0 spiro atoms. The van der Waals surface area contributed by atoms with Gasteiger partial charge in [-0.3, -0.25) is 4.79 Å². The van der Waals surface area contributed by atoms with E-state index in [0.717, 1.165) is 43.4 Å². The molecule has 2 unspecified atom stereocenters. The van der Waals surface area contributed by atoms with Gasteiger partial charge in [-0.05, 0) is 25.2 Å². The minimum Gasteiger partial charge on any atom is -0.481 e. The fraction of sp³-hybridized carbons (Fsp3) is 0.875. The molecule has 8 heteroatoms. The van der Waals surface area contributed by atoms with Gasteiger partial charge in [0.15, 0.2) is 0 Å². The first-order valence-corrected chi connectivity index (χ1v) is 8.59. The topological polar surface area (TPSA) is 69.6 Å². The Balaban J connectivity index is 1.96. The van der Waals surface area contributed by atoms with E-state index >= 15 is 0 Å². The highest BCUT2D eigenvalue weighted by Crippen LogP contribution is 2.38. The van der Waals surface area contributed by atoms with Gasteiger partial charge in [-0.1, -0.05) is 26.2 Å². The predicted molar refractivity (Wildman–Crippen MR) is 81.4 cm³/mol. The van der Waals surface area contributed by atoms with E-state index in [9.17, 15) is 22.8 Å². The second kappa shape index (κ2) is 7.61. The molecule has 2 rings (SSSR count). The molecule has 2 fully saturated rings. The molecule has 0 aromatic rings. The molecule has 0 aromatic heterocycles. The summed E-state index contributed by atoms with van der Waals surface area (Å²) < 4.78 is 39.0. The van der Waals surface area contributed by atoms with Gasteiger partial charge in [0, 0.05) is 19.1 Å². The number of alkyl halides is 3. The number of likely N-dealkylation sites (tertiary alicyclic amines) is 1. The van der Waals surface area contributed by atoms with E-state index in [1.54, 1.807) is 0 Å². The van der Waals surface area contributed by atoms with Gasteiger partial charge < -0.3 is 15.3 Å². The van der Waals surface area contributed by atoms with Crippen LogP contribution in [0.1, 0.15) is 45.4 Å². The van der Waals surface area contributed by atoms with E-state index in [1.165, 1.54) is 0 Å². The number of nitrogens with one attached hydrogen (secondary N) is 1. The zero-order valence-electron chi connectivity index (χ0n) is 13.8. The molecule has 2 aliphatic rings. The Kier molecular flexibility index (Phi) is 5.98. The Morgan fingerprint density at radius 1 is 1.25 bits per heavy atom. The molecule has 0 radical (unpaired) electrons. The first-order chi connectivity index (χ1) is 11.2. The molecule has 0 bridgehead atoms. The lowest BCUT2D eigenvalue weighted by atomic mass is 9.96. The lowest BCUT2D eigenvalue weighted by Gasteiger charge is -2.25. The quantitative estimate of drug-likeness (QED) is 0.800. The van der Waals surface area contributed by atoms with Crippen LogP contribution >= 0.6 is 0 Å². The third kappa shape index (κ3) is 4.33. The van der Waals surface area contributed by atoms with Gasteiger partial charge in [0.05, 0.1) is 11.8 Å². The van der Waals surface area contributed by atoms with Crippen molar-refractivity contribution in [1.82, 2.24) is 10.2 Å². The standard InChI is InChI=1S/C16H25F3N2O3/c1-2-3-5-10-6-4-7-13(10)20-15(24)21-8-11(14(22)23)12(9-21)16(17,18)19/h10-13H,2-9H2,1H3,(H,20,24)(H,22,23)/t10?,11-,12-,13?/m1/s1. The van der Waals surface area contributed by atoms with Crippen molar-refractivity contribution in [3.63, 3.8) is 0 Å². The van der Waals surface area contributed by atoms with E-state index in [4.69, 9.17) is 5.11 Å². The average Bonchev–Trinajstić information content (AvgIpc) is 3.11. The molecule has 1 aliphatic carbocycles. The predicted octanol–water partition coefficient (Wildman–Crippen LogP) is 3.25. The summed E-state index contributed by atoms with van der Waals surface area (Å²) in [6.45, 7) is 1.12. The summed E-state index contributed by atoms with van der Waals surface area (Å²) in [6.07, 6.45) is 1.38. The number of amides is 2. The molecule has 1 saturated carbocycles. The summed E-state index contributed by atoms with van der Waals surface area (Å²) in [6, 6.07) is -0.585. The number of aliphatic carboxylic acids is 1. The smallest absolute Gasteiger partial charge is 0.394 e. The van der Waals surface area contributed by atoms with E-state index in [2.05, 4.69) is 12.2 Å². The Labute approximate surface area is 139 Å². The number of hydrogen-bond donors (Lipinski definition) is 2. The van der Waals surface area contributed by atoms with Crippen molar-refractivity contribution in [3.05, 3.63) is 0 Å². The Bertz CT molecular complexity index is 470. The third-order valence-corrected chi connectivity index (χ3v) is 5.24. The molecule has 2 amide bonds. The Hall–Kier alpha value is -1.47. The zero-order valence-corrected chi connectivity index (χ0v) is 13.8. The number of rotatable bonds is 5. The number of hydrogen-bond acceptors (Lipinski definition) is 2. The number of carbonyl (C=O) groups is 2. The van der Waals surface area contributed by atoms with Crippen LogP contribution in [0.25, 0.3) is 0 Å². The second-order valence-corrected chi connectivity index (χ2v) is 6.89. The second-order valence-electron chi connectivity index (χ2n) is 6.89.